The Morgan fingerprint density at radius 1 is 1.24 bits per heavy atom. The van der Waals surface area contributed by atoms with Crippen molar-refractivity contribution in [2.24, 2.45) is 0 Å². The Balaban J connectivity index is 1.69. The van der Waals surface area contributed by atoms with E-state index >= 15 is 0 Å². The second kappa shape index (κ2) is 7.06. The van der Waals surface area contributed by atoms with E-state index in [2.05, 4.69) is 0 Å². The van der Waals surface area contributed by atoms with Gasteiger partial charge in [0.1, 0.15) is 5.75 Å². The summed E-state index contributed by atoms with van der Waals surface area (Å²) in [5.74, 6) is 0.709. The molecule has 0 saturated heterocycles. The summed E-state index contributed by atoms with van der Waals surface area (Å²) in [6, 6.07) is 7.87. The molecule has 5 nitrogen and oxygen atoms in total. The Hall–Kier alpha value is -2.04. The third kappa shape index (κ3) is 3.65. The van der Waals surface area contributed by atoms with Crippen LogP contribution in [0.1, 0.15) is 52.4 Å². The largest absolute Gasteiger partial charge is 0.476 e. The molecule has 136 valence electrons. The lowest BCUT2D eigenvalue weighted by Crippen LogP contribution is -2.53. The molecule has 2 amide bonds. The standard InChI is InChI=1S/C20H28N2O3/c1-20(2)19(24)22(16-11-7-8-12-17(16)25-20)14-13-18(23)21(3)15-9-5-4-6-10-15/h7-8,11-12,15H,4-6,9-10,13-14H2,1-3H3. The predicted octanol–water partition coefficient (Wildman–Crippen LogP) is 3.37. The van der Waals surface area contributed by atoms with Crippen LogP contribution in [0.15, 0.2) is 24.3 Å². The van der Waals surface area contributed by atoms with Gasteiger partial charge in [-0.05, 0) is 38.8 Å². The Kier molecular flexibility index (Phi) is 5.02. The summed E-state index contributed by atoms with van der Waals surface area (Å²) in [6.07, 6.45) is 6.19. The van der Waals surface area contributed by atoms with Crippen LogP contribution < -0.4 is 9.64 Å². The highest BCUT2D eigenvalue weighted by atomic mass is 16.5. The van der Waals surface area contributed by atoms with E-state index in [0.29, 0.717) is 24.8 Å². The maximum atomic E-state index is 12.8. The average molecular weight is 344 g/mol. The minimum absolute atomic E-state index is 0.0979. The van der Waals surface area contributed by atoms with E-state index in [1.54, 1.807) is 18.7 Å². The van der Waals surface area contributed by atoms with E-state index in [9.17, 15) is 9.59 Å². The number of fused-ring (bicyclic) bond motifs is 1. The first-order valence-electron chi connectivity index (χ1n) is 9.26. The van der Waals surface area contributed by atoms with E-state index in [1.807, 2.05) is 36.2 Å². The quantitative estimate of drug-likeness (QED) is 0.841. The summed E-state index contributed by atoms with van der Waals surface area (Å²) >= 11 is 0. The predicted molar refractivity (Wildman–Crippen MR) is 97.8 cm³/mol. The zero-order chi connectivity index (χ0) is 18.0. The summed E-state index contributed by atoms with van der Waals surface area (Å²) in [6.45, 7) is 3.93. The number of benzene rings is 1. The number of ether oxygens (including phenoxy) is 1. The molecule has 1 aliphatic carbocycles. The van der Waals surface area contributed by atoms with Crippen LogP contribution in [0.4, 0.5) is 5.69 Å². The second-order valence-electron chi connectivity index (χ2n) is 7.58. The van der Waals surface area contributed by atoms with Crippen LogP contribution in [-0.2, 0) is 9.59 Å². The Morgan fingerprint density at radius 3 is 2.64 bits per heavy atom. The van der Waals surface area contributed by atoms with Gasteiger partial charge < -0.3 is 14.5 Å². The van der Waals surface area contributed by atoms with Gasteiger partial charge in [0.05, 0.1) is 5.69 Å². The third-order valence-corrected chi connectivity index (χ3v) is 5.35. The fraction of sp³-hybridized carbons (Fsp3) is 0.600. The van der Waals surface area contributed by atoms with Gasteiger partial charge in [-0.15, -0.1) is 0 Å². The number of rotatable bonds is 4. The molecule has 0 bridgehead atoms. The molecule has 1 saturated carbocycles. The lowest BCUT2D eigenvalue weighted by atomic mass is 9.94. The molecule has 1 aromatic rings. The van der Waals surface area contributed by atoms with Crippen molar-refractivity contribution >= 4 is 17.5 Å². The molecule has 5 heteroatoms. The van der Waals surface area contributed by atoms with Crippen LogP contribution >= 0.6 is 0 Å². The minimum atomic E-state index is -0.910. The van der Waals surface area contributed by atoms with Crippen molar-refractivity contribution < 1.29 is 14.3 Å². The van der Waals surface area contributed by atoms with Crippen LogP contribution in [0, 0.1) is 0 Å². The number of amides is 2. The van der Waals surface area contributed by atoms with E-state index < -0.39 is 5.60 Å². The fourth-order valence-corrected chi connectivity index (χ4v) is 3.80. The van der Waals surface area contributed by atoms with Crippen LogP contribution in [-0.4, -0.2) is 41.9 Å². The van der Waals surface area contributed by atoms with E-state index in [0.717, 1.165) is 18.5 Å². The summed E-state index contributed by atoms with van der Waals surface area (Å²) in [5.41, 5.74) is -0.160. The first-order chi connectivity index (χ1) is 11.9. The Bertz CT molecular complexity index is 650. The molecule has 0 unspecified atom stereocenters. The second-order valence-corrected chi connectivity index (χ2v) is 7.58. The number of anilines is 1. The van der Waals surface area contributed by atoms with Crippen molar-refractivity contribution in [2.45, 2.75) is 64.0 Å². The molecular formula is C20H28N2O3. The van der Waals surface area contributed by atoms with Gasteiger partial charge in [-0.1, -0.05) is 31.4 Å². The average Bonchev–Trinajstić information content (AvgIpc) is 2.61. The Morgan fingerprint density at radius 2 is 1.92 bits per heavy atom. The van der Waals surface area contributed by atoms with Crippen molar-refractivity contribution in [3.63, 3.8) is 0 Å². The molecule has 0 N–H and O–H groups in total. The number of hydrogen-bond donors (Lipinski definition) is 0. The van der Waals surface area contributed by atoms with Gasteiger partial charge in [-0.2, -0.15) is 0 Å². The highest BCUT2D eigenvalue weighted by Gasteiger charge is 2.40. The molecule has 3 rings (SSSR count). The summed E-state index contributed by atoms with van der Waals surface area (Å²) < 4.78 is 5.82. The monoisotopic (exact) mass is 344 g/mol. The third-order valence-electron chi connectivity index (χ3n) is 5.35. The van der Waals surface area contributed by atoms with Crippen LogP contribution in [0.3, 0.4) is 0 Å². The van der Waals surface area contributed by atoms with Crippen molar-refractivity contribution in [3.8, 4) is 5.75 Å². The van der Waals surface area contributed by atoms with Gasteiger partial charge in [0.25, 0.3) is 5.91 Å². The first kappa shape index (κ1) is 17.8. The molecule has 0 radical (unpaired) electrons. The van der Waals surface area contributed by atoms with E-state index in [1.165, 1.54) is 19.3 Å². The normalized spacial score (nSPS) is 20.0. The molecule has 1 aliphatic heterocycles. The number of carbonyl (C=O) groups excluding carboxylic acids is 2. The molecule has 1 aromatic carbocycles. The molecule has 0 atom stereocenters. The molecular weight excluding hydrogens is 316 g/mol. The SMILES string of the molecule is CN(C(=O)CCN1C(=O)C(C)(C)Oc2ccccc21)C1CCCCC1. The maximum Gasteiger partial charge on any atom is 0.270 e. The van der Waals surface area contributed by atoms with Crippen molar-refractivity contribution in [2.75, 3.05) is 18.5 Å². The van der Waals surface area contributed by atoms with Gasteiger partial charge in [0.15, 0.2) is 5.60 Å². The number of nitrogens with zero attached hydrogens (tertiary/aromatic N) is 2. The van der Waals surface area contributed by atoms with Crippen molar-refractivity contribution in [1.29, 1.82) is 0 Å². The smallest absolute Gasteiger partial charge is 0.270 e. The highest BCUT2D eigenvalue weighted by Crippen LogP contribution is 2.37. The number of para-hydroxylation sites is 2. The summed E-state index contributed by atoms with van der Waals surface area (Å²) in [4.78, 5) is 29.0. The van der Waals surface area contributed by atoms with Gasteiger partial charge in [-0.25, -0.2) is 0 Å². The topological polar surface area (TPSA) is 49.9 Å². The number of hydrogen-bond acceptors (Lipinski definition) is 3. The molecule has 0 aromatic heterocycles. The number of carbonyl (C=O) groups is 2. The molecule has 25 heavy (non-hydrogen) atoms. The van der Waals surface area contributed by atoms with Crippen molar-refractivity contribution in [3.05, 3.63) is 24.3 Å². The lowest BCUT2D eigenvalue weighted by Gasteiger charge is -2.39. The molecule has 1 fully saturated rings. The lowest BCUT2D eigenvalue weighted by molar-refractivity contribution is -0.134. The molecule has 2 aliphatic rings. The van der Waals surface area contributed by atoms with E-state index in [4.69, 9.17) is 4.74 Å². The highest BCUT2D eigenvalue weighted by molar-refractivity contribution is 6.02. The van der Waals surface area contributed by atoms with Gasteiger partial charge in [-0.3, -0.25) is 9.59 Å². The molecule has 1 heterocycles. The van der Waals surface area contributed by atoms with Crippen molar-refractivity contribution in [1.82, 2.24) is 4.90 Å². The van der Waals surface area contributed by atoms with Crippen LogP contribution in [0.25, 0.3) is 0 Å². The summed E-state index contributed by atoms with van der Waals surface area (Å²) in [5, 5.41) is 0. The fourth-order valence-electron chi connectivity index (χ4n) is 3.80. The Labute approximate surface area is 149 Å². The van der Waals surface area contributed by atoms with Gasteiger partial charge in [0.2, 0.25) is 5.91 Å². The zero-order valence-electron chi connectivity index (χ0n) is 15.5. The minimum Gasteiger partial charge on any atom is -0.476 e. The van der Waals surface area contributed by atoms with Gasteiger partial charge in [0, 0.05) is 26.1 Å². The van der Waals surface area contributed by atoms with Crippen LogP contribution in [0.2, 0.25) is 0 Å². The summed E-state index contributed by atoms with van der Waals surface area (Å²) in [7, 11) is 1.90. The zero-order valence-corrected chi connectivity index (χ0v) is 15.5. The van der Waals surface area contributed by atoms with Crippen LogP contribution in [0.5, 0.6) is 5.75 Å². The molecule has 0 spiro atoms. The maximum absolute atomic E-state index is 12.8. The first-order valence-corrected chi connectivity index (χ1v) is 9.26. The van der Waals surface area contributed by atoms with Gasteiger partial charge >= 0.3 is 0 Å². The van der Waals surface area contributed by atoms with E-state index in [-0.39, 0.29) is 11.8 Å².